The van der Waals surface area contributed by atoms with Crippen molar-refractivity contribution in [2.75, 3.05) is 30.4 Å². The van der Waals surface area contributed by atoms with Gasteiger partial charge in [-0.15, -0.1) is 0 Å². The first-order valence-electron chi connectivity index (χ1n) is 5.52. The van der Waals surface area contributed by atoms with Crippen LogP contribution in [0.5, 0.6) is 0 Å². The highest BCUT2D eigenvalue weighted by Crippen LogP contribution is 2.27. The number of aliphatic hydroxyl groups is 1. The zero-order valence-corrected chi connectivity index (χ0v) is 11.2. The molecule has 2 atom stereocenters. The second-order valence-electron chi connectivity index (χ2n) is 4.21. The van der Waals surface area contributed by atoms with Gasteiger partial charge in [0.05, 0.1) is 31.0 Å². The monoisotopic (exact) mass is 301 g/mol. The van der Waals surface area contributed by atoms with E-state index in [4.69, 9.17) is 15.6 Å². The topological polar surface area (TPSA) is 71.6 Å². The molecule has 3 N–H and O–H groups in total. The summed E-state index contributed by atoms with van der Waals surface area (Å²) in [5, 5.41) is 9.14. The summed E-state index contributed by atoms with van der Waals surface area (Å²) in [5.74, 6) is 0.752. The summed E-state index contributed by atoms with van der Waals surface area (Å²) >= 11 is 3.34. The third kappa shape index (κ3) is 2.70. The van der Waals surface area contributed by atoms with Crippen molar-refractivity contribution in [3.05, 3.63) is 16.7 Å². The van der Waals surface area contributed by atoms with Gasteiger partial charge in [-0.2, -0.15) is 0 Å². The van der Waals surface area contributed by atoms with Gasteiger partial charge >= 0.3 is 0 Å². The number of hydrogen-bond acceptors (Lipinski definition) is 5. The van der Waals surface area contributed by atoms with Crippen molar-refractivity contribution in [3.8, 4) is 0 Å². The van der Waals surface area contributed by atoms with Crippen molar-refractivity contribution in [1.29, 1.82) is 0 Å². The Balaban J connectivity index is 2.24. The van der Waals surface area contributed by atoms with Crippen molar-refractivity contribution in [1.82, 2.24) is 4.98 Å². The number of ether oxygens (including phenoxy) is 1. The highest BCUT2D eigenvalue weighted by Gasteiger charge is 2.27. The second kappa shape index (κ2) is 5.20. The Labute approximate surface area is 109 Å². The Morgan fingerprint density at radius 1 is 1.71 bits per heavy atom. The molecule has 6 heteroatoms. The molecule has 0 aromatic carbocycles. The molecule has 1 fully saturated rings. The summed E-state index contributed by atoms with van der Waals surface area (Å²) in [6.07, 6.45) is 1.55. The number of nitrogens with two attached hydrogens (primary N) is 1. The maximum atomic E-state index is 9.14. The number of pyridine rings is 1. The first-order chi connectivity index (χ1) is 8.11. The minimum absolute atomic E-state index is 0.0135. The van der Waals surface area contributed by atoms with Gasteiger partial charge in [-0.05, 0) is 28.9 Å². The molecule has 1 aromatic heterocycles. The van der Waals surface area contributed by atoms with Crippen molar-refractivity contribution >= 4 is 27.4 Å². The molecule has 0 saturated carbocycles. The van der Waals surface area contributed by atoms with Crippen molar-refractivity contribution in [3.63, 3.8) is 0 Å². The lowest BCUT2D eigenvalue weighted by atomic mass is 10.2. The molecule has 0 bridgehead atoms. The van der Waals surface area contributed by atoms with Gasteiger partial charge in [0.15, 0.2) is 5.82 Å². The van der Waals surface area contributed by atoms with Crippen molar-refractivity contribution in [2.45, 2.75) is 19.1 Å². The number of hydrogen-bond donors (Lipinski definition) is 2. The number of rotatable bonds is 2. The SMILES string of the molecule is CC1COC(CO)CN1c1ncc(Br)cc1N. The molecule has 0 radical (unpaired) electrons. The second-order valence-corrected chi connectivity index (χ2v) is 5.12. The Kier molecular flexibility index (Phi) is 3.86. The number of halogens is 1. The molecule has 1 aromatic rings. The number of nitrogen functional groups attached to an aromatic ring is 1. The fraction of sp³-hybridized carbons (Fsp3) is 0.545. The van der Waals surface area contributed by atoms with E-state index in [2.05, 4.69) is 32.7 Å². The van der Waals surface area contributed by atoms with Crippen LogP contribution in [0.1, 0.15) is 6.92 Å². The quantitative estimate of drug-likeness (QED) is 0.853. The third-order valence-electron chi connectivity index (χ3n) is 2.84. The highest BCUT2D eigenvalue weighted by atomic mass is 79.9. The van der Waals surface area contributed by atoms with Crippen LogP contribution in [0.15, 0.2) is 16.7 Å². The van der Waals surface area contributed by atoms with Gasteiger partial charge in [0.25, 0.3) is 0 Å². The molecular weight excluding hydrogens is 286 g/mol. The molecule has 17 heavy (non-hydrogen) atoms. The van der Waals surface area contributed by atoms with Gasteiger partial charge in [0.2, 0.25) is 0 Å². The van der Waals surface area contributed by atoms with E-state index in [1.54, 1.807) is 6.20 Å². The van der Waals surface area contributed by atoms with Gasteiger partial charge in [0.1, 0.15) is 0 Å². The van der Waals surface area contributed by atoms with Crippen LogP contribution in [0, 0.1) is 0 Å². The Hall–Kier alpha value is -0.850. The largest absolute Gasteiger partial charge is 0.396 e. The molecule has 1 aliphatic rings. The van der Waals surface area contributed by atoms with Gasteiger partial charge in [-0.1, -0.05) is 0 Å². The van der Waals surface area contributed by atoms with Gasteiger partial charge in [-0.3, -0.25) is 0 Å². The molecule has 2 unspecified atom stereocenters. The van der Waals surface area contributed by atoms with Crippen LogP contribution in [0.2, 0.25) is 0 Å². The van der Waals surface area contributed by atoms with Crippen LogP contribution >= 0.6 is 15.9 Å². The standard InChI is InChI=1S/C11H16BrN3O2/c1-7-6-17-9(5-16)4-15(7)11-10(13)2-8(12)3-14-11/h2-3,7,9,16H,4-6,13H2,1H3. The number of aliphatic hydroxyl groups excluding tert-OH is 1. The van der Waals surface area contributed by atoms with Crippen molar-refractivity contribution < 1.29 is 9.84 Å². The molecule has 0 amide bonds. The zero-order valence-electron chi connectivity index (χ0n) is 9.64. The number of anilines is 2. The summed E-state index contributed by atoms with van der Waals surface area (Å²) in [4.78, 5) is 6.41. The van der Waals surface area contributed by atoms with Crippen LogP contribution in [0.4, 0.5) is 11.5 Å². The molecule has 94 valence electrons. The van der Waals surface area contributed by atoms with Gasteiger partial charge in [0, 0.05) is 17.2 Å². The lowest BCUT2D eigenvalue weighted by Crippen LogP contribution is -2.50. The smallest absolute Gasteiger partial charge is 0.152 e. The molecule has 5 nitrogen and oxygen atoms in total. The van der Waals surface area contributed by atoms with Crippen LogP contribution in [-0.4, -0.2) is 42.0 Å². The summed E-state index contributed by atoms with van der Waals surface area (Å²) in [5.41, 5.74) is 6.59. The summed E-state index contributed by atoms with van der Waals surface area (Å²) in [6, 6.07) is 2.03. The molecule has 2 heterocycles. The van der Waals surface area contributed by atoms with E-state index in [-0.39, 0.29) is 18.8 Å². The maximum Gasteiger partial charge on any atom is 0.152 e. The highest BCUT2D eigenvalue weighted by molar-refractivity contribution is 9.10. The maximum absolute atomic E-state index is 9.14. The van der Waals surface area contributed by atoms with Crippen LogP contribution in [0.25, 0.3) is 0 Å². The van der Waals surface area contributed by atoms with E-state index in [9.17, 15) is 0 Å². The molecule has 2 rings (SSSR count). The van der Waals surface area contributed by atoms with E-state index < -0.39 is 0 Å². The first-order valence-corrected chi connectivity index (χ1v) is 6.31. The summed E-state index contributed by atoms with van der Waals surface area (Å²) in [6.45, 7) is 3.25. The molecular formula is C11H16BrN3O2. The van der Waals surface area contributed by atoms with Gasteiger partial charge < -0.3 is 20.5 Å². The fourth-order valence-corrected chi connectivity index (χ4v) is 2.26. The van der Waals surface area contributed by atoms with Crippen LogP contribution < -0.4 is 10.6 Å². The van der Waals surface area contributed by atoms with E-state index in [1.807, 2.05) is 6.07 Å². The van der Waals surface area contributed by atoms with Crippen molar-refractivity contribution in [2.24, 2.45) is 0 Å². The Morgan fingerprint density at radius 3 is 3.12 bits per heavy atom. The summed E-state index contributed by atoms with van der Waals surface area (Å²) < 4.78 is 6.34. The molecule has 0 aliphatic carbocycles. The average molecular weight is 302 g/mol. The number of morpholine rings is 1. The van der Waals surface area contributed by atoms with E-state index in [0.29, 0.717) is 18.8 Å². The van der Waals surface area contributed by atoms with E-state index in [1.165, 1.54) is 0 Å². The Morgan fingerprint density at radius 2 is 2.47 bits per heavy atom. The molecule has 0 spiro atoms. The lowest BCUT2D eigenvalue weighted by Gasteiger charge is -2.38. The lowest BCUT2D eigenvalue weighted by molar-refractivity contribution is -0.0105. The van der Waals surface area contributed by atoms with E-state index >= 15 is 0 Å². The summed E-state index contributed by atoms with van der Waals surface area (Å²) in [7, 11) is 0. The predicted octanol–water partition coefficient (Wildman–Crippen LogP) is 1.01. The van der Waals surface area contributed by atoms with Gasteiger partial charge in [-0.25, -0.2) is 4.98 Å². The minimum Gasteiger partial charge on any atom is -0.396 e. The molecule has 1 saturated heterocycles. The Bertz CT molecular complexity index is 402. The molecule has 1 aliphatic heterocycles. The van der Waals surface area contributed by atoms with Crippen LogP contribution in [-0.2, 0) is 4.74 Å². The average Bonchev–Trinajstić information content (AvgIpc) is 2.30. The normalized spacial score (nSPS) is 25.0. The number of nitrogens with zero attached hydrogens (tertiary/aromatic N) is 2. The van der Waals surface area contributed by atoms with E-state index in [0.717, 1.165) is 10.3 Å². The third-order valence-corrected chi connectivity index (χ3v) is 3.28. The first kappa shape index (κ1) is 12.6. The minimum atomic E-state index is -0.170. The van der Waals surface area contributed by atoms with Crippen LogP contribution in [0.3, 0.4) is 0 Å². The predicted molar refractivity (Wildman–Crippen MR) is 70.0 cm³/mol. The fourth-order valence-electron chi connectivity index (χ4n) is 1.91. The zero-order chi connectivity index (χ0) is 12.4. The number of aromatic nitrogens is 1.